The fourth-order valence-electron chi connectivity index (χ4n) is 3.50. The van der Waals surface area contributed by atoms with Crippen molar-refractivity contribution in [2.24, 2.45) is 11.7 Å². The van der Waals surface area contributed by atoms with Gasteiger partial charge in [-0.05, 0) is 25.2 Å². The van der Waals surface area contributed by atoms with Crippen LogP contribution in [0.3, 0.4) is 0 Å². The zero-order valence-electron chi connectivity index (χ0n) is 10.7. The van der Waals surface area contributed by atoms with Crippen LogP contribution in [0.25, 0.3) is 0 Å². The lowest BCUT2D eigenvalue weighted by atomic mass is 9.86. The summed E-state index contributed by atoms with van der Waals surface area (Å²) >= 11 is 2.15. The molecule has 2 N–H and O–H groups in total. The van der Waals surface area contributed by atoms with Crippen molar-refractivity contribution in [3.63, 3.8) is 0 Å². The van der Waals surface area contributed by atoms with Crippen molar-refractivity contribution in [1.82, 2.24) is 4.90 Å². The minimum absolute atomic E-state index is 0.342. The molecule has 1 aliphatic carbocycles. The standard InChI is InChI=1S/C13H26N2S/c1-3-12-9-15(7-8-16-12)13(10-14)6-4-5-11(13)2/h11-12H,3-10,14H2,1-2H3. The van der Waals surface area contributed by atoms with E-state index in [9.17, 15) is 0 Å². The summed E-state index contributed by atoms with van der Waals surface area (Å²) in [5, 5.41) is 0.838. The molecule has 0 aromatic carbocycles. The van der Waals surface area contributed by atoms with Crippen LogP contribution < -0.4 is 5.73 Å². The predicted molar refractivity (Wildman–Crippen MR) is 72.9 cm³/mol. The molecule has 2 rings (SSSR count). The second kappa shape index (κ2) is 5.28. The van der Waals surface area contributed by atoms with Crippen LogP contribution in [0.2, 0.25) is 0 Å². The number of rotatable bonds is 3. The topological polar surface area (TPSA) is 29.3 Å². The largest absolute Gasteiger partial charge is 0.329 e. The molecule has 3 unspecified atom stereocenters. The molecule has 0 aromatic heterocycles. The van der Waals surface area contributed by atoms with Crippen molar-refractivity contribution in [2.45, 2.75) is 50.3 Å². The first-order chi connectivity index (χ1) is 7.73. The van der Waals surface area contributed by atoms with E-state index in [1.165, 1.54) is 44.5 Å². The summed E-state index contributed by atoms with van der Waals surface area (Å²) in [6.07, 6.45) is 5.37. The van der Waals surface area contributed by atoms with Gasteiger partial charge in [-0.15, -0.1) is 0 Å². The molecular weight excluding hydrogens is 216 g/mol. The minimum atomic E-state index is 0.342. The molecule has 1 saturated carbocycles. The van der Waals surface area contributed by atoms with Crippen molar-refractivity contribution in [3.05, 3.63) is 0 Å². The summed E-state index contributed by atoms with van der Waals surface area (Å²) < 4.78 is 0. The normalized spacial score (nSPS) is 41.4. The molecule has 2 aliphatic rings. The van der Waals surface area contributed by atoms with E-state index >= 15 is 0 Å². The molecular formula is C13H26N2S. The van der Waals surface area contributed by atoms with Crippen LogP contribution in [-0.2, 0) is 0 Å². The summed E-state index contributed by atoms with van der Waals surface area (Å²) in [7, 11) is 0. The molecule has 0 radical (unpaired) electrons. The van der Waals surface area contributed by atoms with Gasteiger partial charge in [-0.3, -0.25) is 4.90 Å². The predicted octanol–water partition coefficient (Wildman–Crippen LogP) is 2.33. The first kappa shape index (κ1) is 12.7. The SMILES string of the molecule is CCC1CN(C2(CN)CCCC2C)CCS1. The summed E-state index contributed by atoms with van der Waals surface area (Å²) in [6, 6.07) is 0. The number of nitrogens with zero attached hydrogens (tertiary/aromatic N) is 1. The van der Waals surface area contributed by atoms with Crippen molar-refractivity contribution in [1.29, 1.82) is 0 Å². The highest BCUT2D eigenvalue weighted by molar-refractivity contribution is 8.00. The van der Waals surface area contributed by atoms with E-state index in [1.54, 1.807) is 0 Å². The van der Waals surface area contributed by atoms with E-state index in [0.717, 1.165) is 17.7 Å². The maximum Gasteiger partial charge on any atom is 0.0357 e. The molecule has 0 bridgehead atoms. The highest BCUT2D eigenvalue weighted by atomic mass is 32.2. The summed E-state index contributed by atoms with van der Waals surface area (Å²) in [6.45, 7) is 8.09. The highest BCUT2D eigenvalue weighted by Gasteiger charge is 2.44. The molecule has 3 atom stereocenters. The lowest BCUT2D eigenvalue weighted by molar-refractivity contribution is 0.0668. The molecule has 94 valence electrons. The fraction of sp³-hybridized carbons (Fsp3) is 1.00. The summed E-state index contributed by atoms with van der Waals surface area (Å²) in [5.41, 5.74) is 6.47. The van der Waals surface area contributed by atoms with E-state index in [0.29, 0.717) is 5.54 Å². The van der Waals surface area contributed by atoms with E-state index < -0.39 is 0 Å². The Morgan fingerprint density at radius 1 is 1.50 bits per heavy atom. The average Bonchev–Trinajstić information content (AvgIpc) is 2.71. The van der Waals surface area contributed by atoms with Crippen molar-refractivity contribution in [3.8, 4) is 0 Å². The molecule has 16 heavy (non-hydrogen) atoms. The fourth-order valence-corrected chi connectivity index (χ4v) is 4.68. The number of thioether (sulfide) groups is 1. The van der Waals surface area contributed by atoms with Crippen molar-refractivity contribution >= 4 is 11.8 Å². The van der Waals surface area contributed by atoms with Crippen LogP contribution in [0.5, 0.6) is 0 Å². The Kier molecular flexibility index (Phi) is 4.20. The van der Waals surface area contributed by atoms with Gasteiger partial charge in [0.05, 0.1) is 0 Å². The van der Waals surface area contributed by atoms with Crippen LogP contribution >= 0.6 is 11.8 Å². The second-order valence-corrected chi connectivity index (χ2v) is 6.86. The van der Waals surface area contributed by atoms with Crippen molar-refractivity contribution < 1.29 is 0 Å². The highest BCUT2D eigenvalue weighted by Crippen LogP contribution is 2.41. The second-order valence-electron chi connectivity index (χ2n) is 5.45. The number of nitrogens with two attached hydrogens (primary N) is 1. The molecule has 2 nitrogen and oxygen atoms in total. The smallest absolute Gasteiger partial charge is 0.0357 e. The molecule has 0 spiro atoms. The summed E-state index contributed by atoms with van der Waals surface area (Å²) in [4.78, 5) is 2.73. The summed E-state index contributed by atoms with van der Waals surface area (Å²) in [5.74, 6) is 2.09. The Morgan fingerprint density at radius 3 is 2.88 bits per heavy atom. The van der Waals surface area contributed by atoms with Gasteiger partial charge in [-0.25, -0.2) is 0 Å². The van der Waals surface area contributed by atoms with Gasteiger partial charge in [0.2, 0.25) is 0 Å². The van der Waals surface area contributed by atoms with Crippen molar-refractivity contribution in [2.75, 3.05) is 25.4 Å². The van der Waals surface area contributed by atoms with Gasteiger partial charge in [0.25, 0.3) is 0 Å². The molecule has 2 fully saturated rings. The monoisotopic (exact) mass is 242 g/mol. The Balaban J connectivity index is 2.08. The third kappa shape index (κ3) is 2.14. The van der Waals surface area contributed by atoms with Crippen LogP contribution in [0.4, 0.5) is 0 Å². The lowest BCUT2D eigenvalue weighted by Crippen LogP contribution is -2.59. The molecule has 1 saturated heterocycles. The maximum atomic E-state index is 6.13. The van der Waals surface area contributed by atoms with Gasteiger partial charge >= 0.3 is 0 Å². The maximum absolute atomic E-state index is 6.13. The molecule has 1 heterocycles. The lowest BCUT2D eigenvalue weighted by Gasteiger charge is -2.47. The Bertz CT molecular complexity index is 234. The zero-order chi connectivity index (χ0) is 11.6. The van der Waals surface area contributed by atoms with E-state index in [4.69, 9.17) is 5.73 Å². The van der Waals surface area contributed by atoms with Gasteiger partial charge < -0.3 is 5.73 Å². The Hall–Kier alpha value is 0.270. The Labute approximate surface area is 104 Å². The van der Waals surface area contributed by atoms with Crippen LogP contribution in [0.1, 0.15) is 39.5 Å². The molecule has 0 aromatic rings. The van der Waals surface area contributed by atoms with Crippen LogP contribution in [0.15, 0.2) is 0 Å². The third-order valence-electron chi connectivity index (χ3n) is 4.74. The van der Waals surface area contributed by atoms with Gasteiger partial charge in [-0.1, -0.05) is 20.3 Å². The van der Waals surface area contributed by atoms with Crippen LogP contribution in [-0.4, -0.2) is 41.1 Å². The third-order valence-corrected chi connectivity index (χ3v) is 6.11. The number of hydrogen-bond donors (Lipinski definition) is 1. The van der Waals surface area contributed by atoms with Gasteiger partial charge in [0.1, 0.15) is 0 Å². The average molecular weight is 242 g/mol. The van der Waals surface area contributed by atoms with E-state index in [2.05, 4.69) is 30.5 Å². The van der Waals surface area contributed by atoms with E-state index in [1.807, 2.05) is 0 Å². The molecule has 3 heteroatoms. The zero-order valence-corrected chi connectivity index (χ0v) is 11.6. The Morgan fingerprint density at radius 2 is 2.31 bits per heavy atom. The van der Waals surface area contributed by atoms with Gasteiger partial charge in [-0.2, -0.15) is 11.8 Å². The molecule has 1 aliphatic heterocycles. The van der Waals surface area contributed by atoms with Gasteiger partial charge in [0, 0.05) is 36.2 Å². The number of hydrogen-bond acceptors (Lipinski definition) is 3. The molecule has 0 amide bonds. The minimum Gasteiger partial charge on any atom is -0.329 e. The first-order valence-corrected chi connectivity index (χ1v) is 7.84. The van der Waals surface area contributed by atoms with Crippen LogP contribution in [0, 0.1) is 5.92 Å². The first-order valence-electron chi connectivity index (χ1n) is 6.79. The van der Waals surface area contributed by atoms with E-state index in [-0.39, 0.29) is 0 Å². The van der Waals surface area contributed by atoms with Gasteiger partial charge in [0.15, 0.2) is 0 Å². The quantitative estimate of drug-likeness (QED) is 0.823.